The fourth-order valence-electron chi connectivity index (χ4n) is 1.42. The van der Waals surface area contributed by atoms with Gasteiger partial charge in [-0.2, -0.15) is 0 Å². The molecule has 1 aromatic rings. The lowest BCUT2D eigenvalue weighted by Gasteiger charge is -2.04. The lowest BCUT2D eigenvalue weighted by molar-refractivity contribution is 0.959. The molecule has 1 heteroatoms. The molecule has 1 rings (SSSR count). The van der Waals surface area contributed by atoms with Gasteiger partial charge in [0.1, 0.15) is 0 Å². The summed E-state index contributed by atoms with van der Waals surface area (Å²) in [6.45, 7) is 7.88. The maximum absolute atomic E-state index is 4.01. The van der Waals surface area contributed by atoms with Gasteiger partial charge in [-0.25, -0.2) is 0 Å². The van der Waals surface area contributed by atoms with Crippen molar-refractivity contribution in [3.8, 4) is 0 Å². The van der Waals surface area contributed by atoms with Gasteiger partial charge in [0, 0.05) is 5.56 Å². The van der Waals surface area contributed by atoms with E-state index < -0.39 is 0 Å². The van der Waals surface area contributed by atoms with Crippen LogP contribution in [-0.2, 0) is 0 Å². The molecule has 1 nitrogen and oxygen atoms in total. The molecule has 0 atom stereocenters. The Morgan fingerprint density at radius 1 is 1.43 bits per heavy atom. The molecule has 0 aliphatic heterocycles. The zero-order chi connectivity index (χ0) is 10.4. The van der Waals surface area contributed by atoms with Crippen LogP contribution in [0, 0.1) is 0 Å². The van der Waals surface area contributed by atoms with Crippen molar-refractivity contribution in [1.82, 2.24) is 0 Å². The van der Waals surface area contributed by atoms with E-state index in [0.29, 0.717) is 0 Å². The average Bonchev–Trinajstić information content (AvgIpc) is 2.25. The molecular weight excluding hydrogens is 170 g/mol. The highest BCUT2D eigenvalue weighted by atomic mass is 14.7. The second-order valence-electron chi connectivity index (χ2n) is 3.35. The molecule has 0 saturated heterocycles. The molecule has 0 spiro atoms. The summed E-state index contributed by atoms with van der Waals surface area (Å²) in [5, 5.41) is 0. The standard InChI is InChI=1S/C13H17N/c1-4-5-8-11(2)12-9-6-7-10-13(12)14-3/h6-10H,3-5H2,1-2H3/b11-8-. The summed E-state index contributed by atoms with van der Waals surface area (Å²) in [6.07, 6.45) is 4.56. The Hall–Kier alpha value is -1.37. The molecule has 0 radical (unpaired) electrons. The molecule has 0 heterocycles. The van der Waals surface area contributed by atoms with Crippen LogP contribution < -0.4 is 0 Å². The summed E-state index contributed by atoms with van der Waals surface area (Å²) in [4.78, 5) is 4.01. The second kappa shape index (κ2) is 5.38. The molecule has 0 fully saturated rings. The Bertz CT molecular complexity index is 337. The van der Waals surface area contributed by atoms with Gasteiger partial charge in [0.2, 0.25) is 0 Å². The smallest absolute Gasteiger partial charge is 0.0697 e. The van der Waals surface area contributed by atoms with Crippen molar-refractivity contribution >= 4 is 18.0 Å². The average molecular weight is 187 g/mol. The van der Waals surface area contributed by atoms with Gasteiger partial charge < -0.3 is 0 Å². The van der Waals surface area contributed by atoms with Gasteiger partial charge in [0.05, 0.1) is 5.69 Å². The van der Waals surface area contributed by atoms with Gasteiger partial charge in [-0.05, 0) is 31.7 Å². The summed E-state index contributed by atoms with van der Waals surface area (Å²) < 4.78 is 0. The summed E-state index contributed by atoms with van der Waals surface area (Å²) in [5.41, 5.74) is 3.45. The maximum Gasteiger partial charge on any atom is 0.0697 e. The predicted molar refractivity (Wildman–Crippen MR) is 64.2 cm³/mol. The molecule has 0 bridgehead atoms. The second-order valence-corrected chi connectivity index (χ2v) is 3.35. The Morgan fingerprint density at radius 2 is 2.14 bits per heavy atom. The van der Waals surface area contributed by atoms with E-state index in [-0.39, 0.29) is 0 Å². The van der Waals surface area contributed by atoms with E-state index in [1.165, 1.54) is 17.6 Å². The van der Waals surface area contributed by atoms with Crippen molar-refractivity contribution in [2.45, 2.75) is 26.7 Å². The number of rotatable bonds is 4. The van der Waals surface area contributed by atoms with Gasteiger partial charge in [-0.1, -0.05) is 37.6 Å². The van der Waals surface area contributed by atoms with Gasteiger partial charge >= 0.3 is 0 Å². The van der Waals surface area contributed by atoms with Crippen LogP contribution >= 0.6 is 0 Å². The third kappa shape index (κ3) is 2.56. The highest BCUT2D eigenvalue weighted by molar-refractivity contribution is 5.74. The predicted octanol–water partition coefficient (Wildman–Crippen LogP) is 4.22. The lowest BCUT2D eigenvalue weighted by Crippen LogP contribution is -1.80. The first-order valence-electron chi connectivity index (χ1n) is 5.02. The third-order valence-corrected chi connectivity index (χ3v) is 2.24. The van der Waals surface area contributed by atoms with Crippen molar-refractivity contribution in [2.75, 3.05) is 0 Å². The van der Waals surface area contributed by atoms with Crippen molar-refractivity contribution < 1.29 is 0 Å². The number of para-hydroxylation sites is 1. The highest BCUT2D eigenvalue weighted by Crippen LogP contribution is 2.25. The van der Waals surface area contributed by atoms with Crippen LogP contribution in [0.25, 0.3) is 5.57 Å². The van der Waals surface area contributed by atoms with E-state index in [2.05, 4.69) is 37.7 Å². The van der Waals surface area contributed by atoms with Crippen molar-refractivity contribution in [2.24, 2.45) is 4.99 Å². The molecule has 0 amide bonds. The molecule has 14 heavy (non-hydrogen) atoms. The topological polar surface area (TPSA) is 12.4 Å². The quantitative estimate of drug-likeness (QED) is 0.626. The largest absolute Gasteiger partial charge is 0.264 e. The Balaban J connectivity index is 2.99. The normalized spacial score (nSPS) is 11.4. The number of allylic oxidation sites excluding steroid dienone is 2. The van der Waals surface area contributed by atoms with Crippen LogP contribution in [0.2, 0.25) is 0 Å². The Morgan fingerprint density at radius 3 is 2.79 bits per heavy atom. The fraction of sp³-hybridized carbons (Fsp3) is 0.308. The number of nitrogens with zero attached hydrogens (tertiary/aromatic N) is 1. The number of hydrogen-bond acceptors (Lipinski definition) is 1. The zero-order valence-corrected chi connectivity index (χ0v) is 8.96. The zero-order valence-electron chi connectivity index (χ0n) is 8.96. The molecule has 0 saturated carbocycles. The minimum absolute atomic E-state index is 0.970. The minimum atomic E-state index is 0.970. The number of benzene rings is 1. The Labute approximate surface area is 86.2 Å². The number of aliphatic imine (C=N–C) groups is 1. The molecule has 0 unspecified atom stereocenters. The van der Waals surface area contributed by atoms with Crippen LogP contribution in [0.4, 0.5) is 5.69 Å². The highest BCUT2D eigenvalue weighted by Gasteiger charge is 2.00. The summed E-state index contributed by atoms with van der Waals surface area (Å²) in [6, 6.07) is 8.10. The first kappa shape index (κ1) is 10.7. The minimum Gasteiger partial charge on any atom is -0.264 e. The fourth-order valence-corrected chi connectivity index (χ4v) is 1.42. The van der Waals surface area contributed by atoms with Gasteiger partial charge in [-0.3, -0.25) is 4.99 Å². The van der Waals surface area contributed by atoms with E-state index in [1.807, 2.05) is 18.2 Å². The van der Waals surface area contributed by atoms with E-state index >= 15 is 0 Å². The van der Waals surface area contributed by atoms with Crippen LogP contribution in [0.3, 0.4) is 0 Å². The van der Waals surface area contributed by atoms with E-state index in [4.69, 9.17) is 0 Å². The van der Waals surface area contributed by atoms with Gasteiger partial charge in [0.15, 0.2) is 0 Å². The Kier molecular flexibility index (Phi) is 4.11. The SMILES string of the molecule is C=Nc1ccccc1/C(C)=C\CCC. The van der Waals surface area contributed by atoms with Crippen LogP contribution in [0.5, 0.6) is 0 Å². The van der Waals surface area contributed by atoms with Crippen LogP contribution in [0.15, 0.2) is 35.3 Å². The molecule has 0 aromatic heterocycles. The van der Waals surface area contributed by atoms with E-state index in [1.54, 1.807) is 0 Å². The van der Waals surface area contributed by atoms with Crippen molar-refractivity contribution in [3.05, 3.63) is 35.9 Å². The molecule has 0 N–H and O–H groups in total. The third-order valence-electron chi connectivity index (χ3n) is 2.24. The van der Waals surface area contributed by atoms with Gasteiger partial charge in [0.25, 0.3) is 0 Å². The first-order valence-corrected chi connectivity index (χ1v) is 5.02. The summed E-state index contributed by atoms with van der Waals surface area (Å²) in [7, 11) is 0. The van der Waals surface area contributed by atoms with E-state index in [0.717, 1.165) is 12.1 Å². The number of hydrogen-bond donors (Lipinski definition) is 0. The van der Waals surface area contributed by atoms with Crippen molar-refractivity contribution in [1.29, 1.82) is 0 Å². The summed E-state index contributed by atoms with van der Waals surface area (Å²) in [5.74, 6) is 0. The van der Waals surface area contributed by atoms with E-state index in [9.17, 15) is 0 Å². The van der Waals surface area contributed by atoms with Gasteiger partial charge in [-0.15, -0.1) is 0 Å². The maximum atomic E-state index is 4.01. The molecule has 1 aromatic carbocycles. The first-order chi connectivity index (χ1) is 6.79. The lowest BCUT2D eigenvalue weighted by atomic mass is 10.0. The summed E-state index contributed by atoms with van der Waals surface area (Å²) >= 11 is 0. The van der Waals surface area contributed by atoms with Crippen LogP contribution in [0.1, 0.15) is 32.3 Å². The molecular formula is C13H17N. The van der Waals surface area contributed by atoms with Crippen LogP contribution in [-0.4, -0.2) is 6.72 Å². The molecule has 0 aliphatic rings. The number of unbranched alkanes of at least 4 members (excludes halogenated alkanes) is 1. The molecule has 74 valence electrons. The molecule has 0 aliphatic carbocycles. The van der Waals surface area contributed by atoms with Crippen molar-refractivity contribution in [3.63, 3.8) is 0 Å². The monoisotopic (exact) mass is 187 g/mol.